The zero-order valence-electron chi connectivity index (χ0n) is 20.4. The minimum Gasteiger partial charge on any atom is -0.339 e. The summed E-state index contributed by atoms with van der Waals surface area (Å²) in [5.74, 6) is -0.517. The number of amides is 2. The highest BCUT2D eigenvalue weighted by Crippen LogP contribution is 2.36. The summed E-state index contributed by atoms with van der Waals surface area (Å²) < 4.78 is 20.7. The van der Waals surface area contributed by atoms with Crippen molar-refractivity contribution in [2.24, 2.45) is 0 Å². The average molecular weight is 576 g/mol. The molecule has 38 heavy (non-hydrogen) atoms. The monoisotopic (exact) mass is 575 g/mol. The minimum atomic E-state index is -0.764. The smallest absolute Gasteiger partial charge is 0.253 e. The lowest BCUT2D eigenvalue weighted by molar-refractivity contribution is -0.130. The van der Waals surface area contributed by atoms with Gasteiger partial charge in [-0.25, -0.2) is 4.39 Å². The van der Waals surface area contributed by atoms with Gasteiger partial charge in [0.1, 0.15) is 23.3 Å². The van der Waals surface area contributed by atoms with Crippen molar-refractivity contribution in [2.75, 3.05) is 11.9 Å². The van der Waals surface area contributed by atoms with Crippen molar-refractivity contribution in [3.8, 4) is 16.9 Å². The standard InChI is InChI=1S/C28H23BrFN5O3/c1-16-27(37)34(13-12-17-2-11-23-19(14-17)15-24(36)31-23)28(38-16)26-25(18-3-7-21(30)8-4-18)32-35(33-26)22-9-5-20(29)6-10-22/h2-11,14,16,28H,12-13,15H2,1H3,(H,31,36)/t16-,28+/m0/s1. The van der Waals surface area contributed by atoms with Crippen LogP contribution in [-0.4, -0.2) is 44.4 Å². The summed E-state index contributed by atoms with van der Waals surface area (Å²) in [5.41, 5.74) is 5.18. The maximum absolute atomic E-state index is 13.7. The Labute approximate surface area is 226 Å². The third kappa shape index (κ3) is 4.61. The molecule has 1 aromatic heterocycles. The van der Waals surface area contributed by atoms with Gasteiger partial charge in [0.05, 0.1) is 12.1 Å². The first-order chi connectivity index (χ1) is 18.4. The Kier molecular flexibility index (Phi) is 6.29. The van der Waals surface area contributed by atoms with Crippen LogP contribution in [0.5, 0.6) is 0 Å². The number of hydrogen-bond acceptors (Lipinski definition) is 5. The minimum absolute atomic E-state index is 0.0173. The first-order valence-corrected chi connectivity index (χ1v) is 13.0. The fraction of sp³-hybridized carbons (Fsp3) is 0.214. The van der Waals surface area contributed by atoms with E-state index in [2.05, 4.69) is 21.2 Å². The van der Waals surface area contributed by atoms with Gasteiger partial charge in [-0.05, 0) is 79.1 Å². The Bertz CT molecular complexity index is 1540. The van der Waals surface area contributed by atoms with E-state index in [0.29, 0.717) is 36.3 Å². The molecule has 192 valence electrons. The van der Waals surface area contributed by atoms with Gasteiger partial charge in [-0.1, -0.05) is 28.1 Å². The summed E-state index contributed by atoms with van der Waals surface area (Å²) in [7, 11) is 0. The number of hydrogen-bond donors (Lipinski definition) is 1. The number of halogens is 2. The largest absolute Gasteiger partial charge is 0.339 e. The molecule has 3 heterocycles. The number of aromatic nitrogens is 3. The SMILES string of the molecule is C[C@@H]1O[C@H](c2nn(-c3ccc(Br)cc3)nc2-c2ccc(F)cc2)N(CCc2ccc3c(c2)CC(=O)N3)C1=O. The summed E-state index contributed by atoms with van der Waals surface area (Å²) in [5, 5.41) is 12.3. The number of fused-ring (bicyclic) bond motifs is 1. The first kappa shape index (κ1) is 24.4. The van der Waals surface area contributed by atoms with E-state index >= 15 is 0 Å². The number of benzene rings is 3. The molecule has 2 amide bonds. The van der Waals surface area contributed by atoms with Crippen molar-refractivity contribution in [2.45, 2.75) is 32.1 Å². The van der Waals surface area contributed by atoms with Crippen molar-refractivity contribution in [3.05, 3.63) is 93.8 Å². The molecule has 1 N–H and O–H groups in total. The summed E-state index contributed by atoms with van der Waals surface area (Å²) >= 11 is 3.44. The predicted molar refractivity (Wildman–Crippen MR) is 142 cm³/mol. The van der Waals surface area contributed by atoms with E-state index in [-0.39, 0.29) is 17.6 Å². The molecule has 10 heteroatoms. The number of ether oxygens (including phenoxy) is 1. The van der Waals surface area contributed by atoms with Crippen molar-refractivity contribution in [1.29, 1.82) is 0 Å². The van der Waals surface area contributed by atoms with Crippen LogP contribution in [0.25, 0.3) is 16.9 Å². The molecule has 1 saturated heterocycles. The Morgan fingerprint density at radius 1 is 1.05 bits per heavy atom. The number of nitrogens with one attached hydrogen (secondary N) is 1. The Hall–Kier alpha value is -3.89. The predicted octanol–water partition coefficient (Wildman–Crippen LogP) is 4.82. The highest BCUT2D eigenvalue weighted by atomic mass is 79.9. The second kappa shape index (κ2) is 9.77. The molecule has 8 nitrogen and oxygen atoms in total. The van der Waals surface area contributed by atoms with E-state index in [4.69, 9.17) is 14.9 Å². The topological polar surface area (TPSA) is 89.3 Å². The number of carbonyl (C=O) groups excluding carboxylic acids is 2. The van der Waals surface area contributed by atoms with Gasteiger partial charge in [0.15, 0.2) is 6.23 Å². The lowest BCUT2D eigenvalue weighted by atomic mass is 10.1. The molecule has 0 radical (unpaired) electrons. The fourth-order valence-electron chi connectivity index (χ4n) is 4.79. The second-order valence-corrected chi connectivity index (χ2v) is 10.3. The fourth-order valence-corrected chi connectivity index (χ4v) is 5.05. The van der Waals surface area contributed by atoms with Gasteiger partial charge >= 0.3 is 0 Å². The van der Waals surface area contributed by atoms with Crippen LogP contribution in [0.15, 0.2) is 71.2 Å². The molecule has 2 aliphatic rings. The van der Waals surface area contributed by atoms with E-state index in [0.717, 1.165) is 27.0 Å². The Balaban J connectivity index is 1.34. The maximum Gasteiger partial charge on any atom is 0.253 e. The number of carbonyl (C=O) groups is 2. The Morgan fingerprint density at radius 2 is 1.82 bits per heavy atom. The molecule has 0 spiro atoms. The molecule has 1 fully saturated rings. The Morgan fingerprint density at radius 3 is 2.58 bits per heavy atom. The van der Waals surface area contributed by atoms with Crippen LogP contribution < -0.4 is 5.32 Å². The molecular weight excluding hydrogens is 553 g/mol. The van der Waals surface area contributed by atoms with Gasteiger partial charge in [-0.3, -0.25) is 9.59 Å². The molecule has 2 atom stereocenters. The maximum atomic E-state index is 13.7. The molecule has 0 aliphatic carbocycles. The number of nitrogens with zero attached hydrogens (tertiary/aromatic N) is 4. The second-order valence-electron chi connectivity index (χ2n) is 9.34. The van der Waals surface area contributed by atoms with E-state index in [1.165, 1.54) is 16.9 Å². The summed E-state index contributed by atoms with van der Waals surface area (Å²) in [6, 6.07) is 19.4. The van der Waals surface area contributed by atoms with Crippen LogP contribution in [0.3, 0.4) is 0 Å². The van der Waals surface area contributed by atoms with Crippen LogP contribution in [-0.2, 0) is 27.2 Å². The van der Waals surface area contributed by atoms with Crippen LogP contribution in [0.1, 0.15) is 30.0 Å². The molecule has 0 saturated carbocycles. The van der Waals surface area contributed by atoms with Crippen molar-refractivity contribution < 1.29 is 18.7 Å². The van der Waals surface area contributed by atoms with Gasteiger partial charge in [-0.15, -0.1) is 10.2 Å². The lowest BCUT2D eigenvalue weighted by Crippen LogP contribution is -2.32. The first-order valence-electron chi connectivity index (χ1n) is 12.2. The average Bonchev–Trinajstić information content (AvgIpc) is 3.58. The van der Waals surface area contributed by atoms with Crippen LogP contribution in [0, 0.1) is 5.82 Å². The highest BCUT2D eigenvalue weighted by Gasteiger charge is 2.41. The van der Waals surface area contributed by atoms with E-state index in [1.54, 1.807) is 24.0 Å². The number of rotatable bonds is 6. The highest BCUT2D eigenvalue weighted by molar-refractivity contribution is 9.10. The lowest BCUT2D eigenvalue weighted by Gasteiger charge is -2.22. The van der Waals surface area contributed by atoms with Crippen LogP contribution >= 0.6 is 15.9 Å². The zero-order chi connectivity index (χ0) is 26.4. The summed E-state index contributed by atoms with van der Waals surface area (Å²) in [4.78, 5) is 28.1. The van der Waals surface area contributed by atoms with E-state index in [1.807, 2.05) is 42.5 Å². The van der Waals surface area contributed by atoms with Gasteiger partial charge in [0, 0.05) is 22.3 Å². The van der Waals surface area contributed by atoms with Gasteiger partial charge in [0.2, 0.25) is 5.91 Å². The molecule has 3 aromatic carbocycles. The molecule has 4 aromatic rings. The van der Waals surface area contributed by atoms with Gasteiger partial charge < -0.3 is 15.0 Å². The van der Waals surface area contributed by atoms with Crippen LogP contribution in [0.2, 0.25) is 0 Å². The number of anilines is 1. The van der Waals surface area contributed by atoms with E-state index in [9.17, 15) is 14.0 Å². The molecule has 6 rings (SSSR count). The molecule has 2 aliphatic heterocycles. The van der Waals surface area contributed by atoms with Crippen molar-refractivity contribution >= 4 is 33.4 Å². The third-order valence-corrected chi connectivity index (χ3v) is 7.26. The van der Waals surface area contributed by atoms with E-state index < -0.39 is 12.3 Å². The van der Waals surface area contributed by atoms with Gasteiger partial charge in [0.25, 0.3) is 5.91 Å². The summed E-state index contributed by atoms with van der Waals surface area (Å²) in [6.45, 7) is 2.11. The van der Waals surface area contributed by atoms with Crippen molar-refractivity contribution in [1.82, 2.24) is 19.9 Å². The molecule has 0 unspecified atom stereocenters. The molecular formula is C28H23BrFN5O3. The normalized spacial score (nSPS) is 18.7. The quantitative estimate of drug-likeness (QED) is 0.356. The van der Waals surface area contributed by atoms with Crippen molar-refractivity contribution in [3.63, 3.8) is 0 Å². The molecule has 0 bridgehead atoms. The summed E-state index contributed by atoms with van der Waals surface area (Å²) in [6.07, 6.45) is -0.485. The van der Waals surface area contributed by atoms with Gasteiger partial charge in [-0.2, -0.15) is 4.80 Å². The zero-order valence-corrected chi connectivity index (χ0v) is 22.0. The van der Waals surface area contributed by atoms with Crippen LogP contribution in [0.4, 0.5) is 10.1 Å². The third-order valence-electron chi connectivity index (χ3n) is 6.73.